The molecular weight excluding hydrogens is 773 g/mol. The molecule has 13 heteroatoms. The third-order valence-electron chi connectivity index (χ3n) is 9.90. The summed E-state index contributed by atoms with van der Waals surface area (Å²) in [4.78, 5) is 48.1. The van der Waals surface area contributed by atoms with Crippen LogP contribution in [0.3, 0.4) is 0 Å². The number of esters is 2. The zero-order valence-electron chi connectivity index (χ0n) is 36.9. The van der Waals surface area contributed by atoms with Gasteiger partial charge in [0.05, 0.1) is 40.0 Å². The first kappa shape index (κ1) is 54.3. The Kier molecular flexibility index (Phi) is 30.4. The van der Waals surface area contributed by atoms with Crippen LogP contribution < -0.4 is 0 Å². The van der Waals surface area contributed by atoms with Crippen molar-refractivity contribution in [3.63, 3.8) is 0 Å². The summed E-state index contributed by atoms with van der Waals surface area (Å²) >= 11 is 0. The molecule has 1 saturated carbocycles. The van der Waals surface area contributed by atoms with Gasteiger partial charge in [0.25, 0.3) is 0 Å². The quantitative estimate of drug-likeness (QED) is 0.0183. The highest BCUT2D eigenvalue weighted by Gasteiger charge is 2.39. The molecule has 0 spiro atoms. The first-order valence-electron chi connectivity index (χ1n) is 22.1. The van der Waals surface area contributed by atoms with Gasteiger partial charge in [-0.25, -0.2) is 4.57 Å². The molecule has 0 bridgehead atoms. The SMILES string of the molecule is CC/C=C\C/C=C\C/C=C\CCCCCCCC(=O)O[C@H](COC(=O)CCC/C=C\C[C@H]1C(=O)C[C@@H](O)[C@@H]1/C=C/[C@@H](O)CCCCC)COP(=O)(O)OCC[N+](C)(C)C. The van der Waals surface area contributed by atoms with E-state index in [-0.39, 0.29) is 50.1 Å². The van der Waals surface area contributed by atoms with Crippen molar-refractivity contribution in [2.24, 2.45) is 11.8 Å². The number of quaternary nitrogens is 1. The standard InChI is InChI=1S/C46H78NO11P/c1-6-8-10-11-12-13-14-15-16-17-18-19-20-21-27-31-46(52)58-40(38-57-59(53,54)56-35-34-47(3,4)5)37-55-45(51)30-26-23-22-25-29-41-42(44(50)36-43(41)49)33-32-39(48)28-24-9-7-2/h8,10,12-13,15-16,22,25,32-33,39-42,44,48,50H,6-7,9,11,14,17-21,23-24,26-31,34-38H2,1-5H3/p+1/b10-8-,13-12-,16-15-,25-22-,33-32+/t39-,40+,41+,42+,44+/m0/s1. The van der Waals surface area contributed by atoms with Crippen LogP contribution in [0.4, 0.5) is 0 Å². The lowest BCUT2D eigenvalue weighted by atomic mass is 9.90. The molecular formula is C46H79NO11P+. The van der Waals surface area contributed by atoms with E-state index >= 15 is 0 Å². The molecule has 0 saturated heterocycles. The molecule has 1 aliphatic carbocycles. The summed E-state index contributed by atoms with van der Waals surface area (Å²) in [6.07, 6.45) is 32.1. The molecule has 3 N–H and O–H groups in total. The van der Waals surface area contributed by atoms with Crippen LogP contribution in [0.25, 0.3) is 0 Å². The highest BCUT2D eigenvalue weighted by atomic mass is 31.2. The molecule has 0 aromatic carbocycles. The van der Waals surface area contributed by atoms with E-state index in [0.717, 1.165) is 70.6 Å². The number of phosphoric acid groups is 1. The van der Waals surface area contributed by atoms with Crippen molar-refractivity contribution in [1.82, 2.24) is 0 Å². The first-order valence-corrected chi connectivity index (χ1v) is 23.6. The number of hydrogen-bond donors (Lipinski definition) is 3. The van der Waals surface area contributed by atoms with Crippen LogP contribution in [0.5, 0.6) is 0 Å². The number of phosphoric ester groups is 1. The molecule has 0 amide bonds. The minimum Gasteiger partial charge on any atom is -0.462 e. The Morgan fingerprint density at radius 1 is 0.814 bits per heavy atom. The molecule has 59 heavy (non-hydrogen) atoms. The van der Waals surface area contributed by atoms with Crippen LogP contribution in [0, 0.1) is 11.8 Å². The normalized spacial score (nSPS) is 19.8. The van der Waals surface area contributed by atoms with Crippen molar-refractivity contribution < 1.29 is 57.1 Å². The third-order valence-corrected chi connectivity index (χ3v) is 10.9. The van der Waals surface area contributed by atoms with Crippen molar-refractivity contribution in [1.29, 1.82) is 0 Å². The van der Waals surface area contributed by atoms with Gasteiger partial charge < -0.3 is 29.1 Å². The van der Waals surface area contributed by atoms with Crippen LogP contribution >= 0.6 is 7.82 Å². The molecule has 1 rings (SSSR count). The molecule has 0 aliphatic heterocycles. The minimum atomic E-state index is -4.45. The molecule has 0 radical (unpaired) electrons. The molecule has 1 aliphatic rings. The number of carbonyl (C=O) groups excluding carboxylic acids is 3. The number of hydrogen-bond acceptors (Lipinski definition) is 10. The molecule has 0 aromatic rings. The number of allylic oxidation sites excluding steroid dienone is 8. The summed E-state index contributed by atoms with van der Waals surface area (Å²) < 4.78 is 34.2. The Morgan fingerprint density at radius 3 is 2.17 bits per heavy atom. The van der Waals surface area contributed by atoms with E-state index in [2.05, 4.69) is 50.3 Å². The van der Waals surface area contributed by atoms with Crippen LogP contribution in [-0.2, 0) is 37.5 Å². The highest BCUT2D eigenvalue weighted by molar-refractivity contribution is 7.47. The topological polar surface area (TPSA) is 166 Å². The smallest absolute Gasteiger partial charge is 0.462 e. The molecule has 0 heterocycles. The maximum atomic E-state index is 12.7. The lowest BCUT2D eigenvalue weighted by molar-refractivity contribution is -0.870. The van der Waals surface area contributed by atoms with E-state index in [1.165, 1.54) is 0 Å². The summed E-state index contributed by atoms with van der Waals surface area (Å²) in [5.74, 6) is -1.74. The van der Waals surface area contributed by atoms with Gasteiger partial charge in [0, 0.05) is 31.1 Å². The van der Waals surface area contributed by atoms with Gasteiger partial charge in [-0.05, 0) is 64.2 Å². The Balaban J connectivity index is 2.52. The van der Waals surface area contributed by atoms with Gasteiger partial charge in [0.2, 0.25) is 0 Å². The predicted octanol–water partition coefficient (Wildman–Crippen LogP) is 9.05. The molecule has 12 nitrogen and oxygen atoms in total. The summed E-state index contributed by atoms with van der Waals surface area (Å²) in [7, 11) is 1.31. The number of carbonyl (C=O) groups is 3. The molecule has 1 unspecified atom stereocenters. The molecule has 1 fully saturated rings. The second-order valence-electron chi connectivity index (χ2n) is 16.5. The fourth-order valence-corrected chi connectivity index (χ4v) is 7.10. The third kappa shape index (κ3) is 30.1. The second-order valence-corrected chi connectivity index (χ2v) is 17.9. The van der Waals surface area contributed by atoms with Gasteiger partial charge in [-0.1, -0.05) is 113 Å². The number of nitrogens with zero attached hydrogens (tertiary/aromatic N) is 1. The van der Waals surface area contributed by atoms with Gasteiger partial charge in [-0.15, -0.1) is 0 Å². The maximum Gasteiger partial charge on any atom is 0.472 e. The van der Waals surface area contributed by atoms with E-state index in [1.807, 2.05) is 33.3 Å². The van der Waals surface area contributed by atoms with E-state index in [1.54, 1.807) is 12.2 Å². The maximum absolute atomic E-state index is 12.7. The lowest BCUT2D eigenvalue weighted by Gasteiger charge is -2.24. The zero-order chi connectivity index (χ0) is 43.8. The number of unbranched alkanes of at least 4 members (excludes halogenated alkanes) is 8. The van der Waals surface area contributed by atoms with Crippen LogP contribution in [0.2, 0.25) is 0 Å². The van der Waals surface area contributed by atoms with Gasteiger partial charge in [-0.3, -0.25) is 23.4 Å². The molecule has 0 aromatic heterocycles. The number of Topliss-reactive ketones (excluding diaryl/α,β-unsaturated/α-hetero) is 1. The van der Waals surface area contributed by atoms with Crippen molar-refractivity contribution >= 4 is 25.5 Å². The van der Waals surface area contributed by atoms with Crippen LogP contribution in [0.1, 0.15) is 136 Å². The van der Waals surface area contributed by atoms with Crippen molar-refractivity contribution in [3.8, 4) is 0 Å². The molecule has 338 valence electrons. The Hall–Kier alpha value is -2.70. The lowest BCUT2D eigenvalue weighted by Crippen LogP contribution is -2.37. The first-order chi connectivity index (χ1) is 28.2. The average molecular weight is 853 g/mol. The van der Waals surface area contributed by atoms with Gasteiger partial charge >= 0.3 is 19.8 Å². The average Bonchev–Trinajstić information content (AvgIpc) is 3.44. The Bertz CT molecular complexity index is 1350. The summed E-state index contributed by atoms with van der Waals surface area (Å²) in [5.41, 5.74) is 0. The second kappa shape index (κ2) is 33.0. The van der Waals surface area contributed by atoms with Crippen molar-refractivity contribution in [3.05, 3.63) is 60.8 Å². The van der Waals surface area contributed by atoms with E-state index in [9.17, 15) is 34.1 Å². The summed E-state index contributed by atoms with van der Waals surface area (Å²) in [6.45, 7) is 3.85. The number of ketones is 1. The number of aliphatic hydroxyl groups excluding tert-OH is 2. The van der Waals surface area contributed by atoms with Crippen LogP contribution in [0.15, 0.2) is 60.8 Å². The van der Waals surface area contributed by atoms with Gasteiger partial charge in [0.15, 0.2) is 6.10 Å². The van der Waals surface area contributed by atoms with Crippen LogP contribution in [-0.4, -0.2) is 103 Å². The number of likely N-dealkylation sites (N-methyl/N-ethyl adjacent to an activating group) is 1. The van der Waals surface area contributed by atoms with E-state index in [4.69, 9.17) is 18.5 Å². The predicted molar refractivity (Wildman–Crippen MR) is 234 cm³/mol. The van der Waals surface area contributed by atoms with Gasteiger partial charge in [-0.2, -0.15) is 0 Å². The number of ether oxygens (including phenoxy) is 2. The minimum absolute atomic E-state index is 0.00181. The fraction of sp³-hybridized carbons (Fsp3) is 0.717. The Labute approximate surface area is 356 Å². The number of rotatable bonds is 35. The monoisotopic (exact) mass is 853 g/mol. The largest absolute Gasteiger partial charge is 0.472 e. The van der Waals surface area contributed by atoms with E-state index < -0.39 is 44.7 Å². The van der Waals surface area contributed by atoms with Crippen molar-refractivity contribution in [2.75, 3.05) is 47.5 Å². The molecule has 6 atom stereocenters. The van der Waals surface area contributed by atoms with Crippen molar-refractivity contribution in [2.45, 2.75) is 154 Å². The fourth-order valence-electron chi connectivity index (χ4n) is 6.36. The Morgan fingerprint density at radius 2 is 1.46 bits per heavy atom. The number of aliphatic hydroxyl groups is 2. The summed E-state index contributed by atoms with van der Waals surface area (Å²) in [5, 5.41) is 20.7. The van der Waals surface area contributed by atoms with E-state index in [0.29, 0.717) is 43.1 Å². The van der Waals surface area contributed by atoms with Gasteiger partial charge in [0.1, 0.15) is 25.5 Å². The zero-order valence-corrected chi connectivity index (χ0v) is 37.8. The summed E-state index contributed by atoms with van der Waals surface area (Å²) in [6, 6.07) is 0. The highest BCUT2D eigenvalue weighted by Crippen LogP contribution is 2.43.